The number of halogens is 1. The summed E-state index contributed by atoms with van der Waals surface area (Å²) in [4.78, 5) is 20.1. The Morgan fingerprint density at radius 2 is 2.04 bits per heavy atom. The first-order valence-electron chi connectivity index (χ1n) is 9.25. The second-order valence-electron chi connectivity index (χ2n) is 6.51. The molecule has 1 aromatic carbocycles. The van der Waals surface area contributed by atoms with E-state index in [2.05, 4.69) is 15.7 Å². The van der Waals surface area contributed by atoms with Crippen molar-refractivity contribution in [1.82, 2.24) is 15.7 Å². The predicted molar refractivity (Wildman–Crippen MR) is 105 cm³/mol. The number of hydrogen-bond donors (Lipinski definition) is 2. The van der Waals surface area contributed by atoms with Gasteiger partial charge in [-0.2, -0.15) is 0 Å². The molecule has 9 heteroatoms. The SMILES string of the molecule is COc1cc(OC)c(C2=C[C@@H](C(=O)NCCCN3CCOCC3)ON2)cc1Cl. The summed E-state index contributed by atoms with van der Waals surface area (Å²) in [5.74, 6) is 0.884. The van der Waals surface area contributed by atoms with Gasteiger partial charge in [0.25, 0.3) is 5.91 Å². The molecule has 3 rings (SSSR count). The fourth-order valence-corrected chi connectivity index (χ4v) is 3.37. The first kappa shape index (κ1) is 20.7. The molecule has 0 saturated carbocycles. The highest BCUT2D eigenvalue weighted by atomic mass is 35.5. The van der Waals surface area contributed by atoms with Crippen molar-refractivity contribution in [3.05, 3.63) is 28.8 Å². The van der Waals surface area contributed by atoms with Gasteiger partial charge >= 0.3 is 0 Å². The Bertz CT molecular complexity index is 722. The summed E-state index contributed by atoms with van der Waals surface area (Å²) < 4.78 is 15.9. The van der Waals surface area contributed by atoms with E-state index in [1.807, 2.05) is 0 Å². The van der Waals surface area contributed by atoms with Crippen LogP contribution >= 0.6 is 11.6 Å². The fourth-order valence-electron chi connectivity index (χ4n) is 3.13. The Balaban J connectivity index is 1.54. The topological polar surface area (TPSA) is 81.3 Å². The zero-order chi connectivity index (χ0) is 19.9. The molecule has 28 heavy (non-hydrogen) atoms. The molecule has 1 atom stereocenters. The number of morpholine rings is 1. The normalized spacial score (nSPS) is 19.7. The van der Waals surface area contributed by atoms with Crippen LogP contribution in [0.4, 0.5) is 0 Å². The van der Waals surface area contributed by atoms with Crippen LogP contribution in [0.25, 0.3) is 5.70 Å². The lowest BCUT2D eigenvalue weighted by Gasteiger charge is -2.26. The zero-order valence-corrected chi connectivity index (χ0v) is 16.9. The van der Waals surface area contributed by atoms with Crippen molar-refractivity contribution in [2.45, 2.75) is 12.5 Å². The molecule has 154 valence electrons. The Morgan fingerprint density at radius 1 is 1.29 bits per heavy atom. The molecule has 2 heterocycles. The maximum Gasteiger partial charge on any atom is 0.255 e. The first-order valence-corrected chi connectivity index (χ1v) is 9.63. The number of amides is 1. The van der Waals surface area contributed by atoms with Crippen molar-refractivity contribution in [3.8, 4) is 11.5 Å². The summed E-state index contributed by atoms with van der Waals surface area (Å²) in [5, 5.41) is 3.35. The maximum atomic E-state index is 12.4. The van der Waals surface area contributed by atoms with E-state index in [-0.39, 0.29) is 5.91 Å². The molecule has 0 bridgehead atoms. The quantitative estimate of drug-likeness (QED) is 0.626. The summed E-state index contributed by atoms with van der Waals surface area (Å²) in [5.41, 5.74) is 4.10. The highest BCUT2D eigenvalue weighted by Gasteiger charge is 2.26. The third kappa shape index (κ3) is 5.08. The summed E-state index contributed by atoms with van der Waals surface area (Å²) in [7, 11) is 3.09. The van der Waals surface area contributed by atoms with E-state index in [9.17, 15) is 4.79 Å². The van der Waals surface area contributed by atoms with Crippen LogP contribution in [0.5, 0.6) is 11.5 Å². The molecule has 8 nitrogen and oxygen atoms in total. The number of hydroxylamine groups is 1. The average molecular weight is 412 g/mol. The molecule has 0 aromatic heterocycles. The van der Waals surface area contributed by atoms with Crippen molar-refractivity contribution in [1.29, 1.82) is 0 Å². The van der Waals surface area contributed by atoms with Crippen LogP contribution in [0.15, 0.2) is 18.2 Å². The molecule has 0 radical (unpaired) electrons. The van der Waals surface area contributed by atoms with E-state index in [4.69, 9.17) is 30.6 Å². The monoisotopic (exact) mass is 411 g/mol. The number of carbonyl (C=O) groups excluding carboxylic acids is 1. The molecule has 2 aliphatic heterocycles. The van der Waals surface area contributed by atoms with Gasteiger partial charge in [0.15, 0.2) is 6.10 Å². The molecule has 2 N–H and O–H groups in total. The number of nitrogens with zero attached hydrogens (tertiary/aromatic N) is 1. The number of nitrogens with one attached hydrogen (secondary N) is 2. The Kier molecular flexibility index (Phi) is 7.38. The second-order valence-corrected chi connectivity index (χ2v) is 6.91. The van der Waals surface area contributed by atoms with Gasteiger partial charge in [-0.3, -0.25) is 20.0 Å². The van der Waals surface area contributed by atoms with Crippen molar-refractivity contribution >= 4 is 23.2 Å². The van der Waals surface area contributed by atoms with E-state index in [1.165, 1.54) is 7.11 Å². The molecular formula is C19H26ClN3O5. The van der Waals surface area contributed by atoms with E-state index < -0.39 is 6.10 Å². The molecule has 0 unspecified atom stereocenters. The van der Waals surface area contributed by atoms with Gasteiger partial charge in [0, 0.05) is 31.3 Å². The minimum absolute atomic E-state index is 0.192. The molecule has 0 aliphatic carbocycles. The Labute approximate surface area is 169 Å². The van der Waals surface area contributed by atoms with E-state index in [1.54, 1.807) is 25.3 Å². The van der Waals surface area contributed by atoms with Gasteiger partial charge in [-0.15, -0.1) is 0 Å². The van der Waals surface area contributed by atoms with Gasteiger partial charge in [0.2, 0.25) is 0 Å². The van der Waals surface area contributed by atoms with Gasteiger partial charge in [-0.25, -0.2) is 0 Å². The first-order chi connectivity index (χ1) is 13.6. The van der Waals surface area contributed by atoms with Crippen molar-refractivity contribution in [3.63, 3.8) is 0 Å². The Hall–Kier alpha value is -2.00. The van der Waals surface area contributed by atoms with Crippen LogP contribution in [0.3, 0.4) is 0 Å². The van der Waals surface area contributed by atoms with Crippen molar-refractivity contribution in [2.24, 2.45) is 0 Å². The Morgan fingerprint density at radius 3 is 2.75 bits per heavy atom. The van der Waals surface area contributed by atoms with Crippen LogP contribution in [0.2, 0.25) is 5.02 Å². The van der Waals surface area contributed by atoms with Crippen molar-refractivity contribution < 1.29 is 23.8 Å². The van der Waals surface area contributed by atoms with E-state index >= 15 is 0 Å². The number of methoxy groups -OCH3 is 2. The maximum absolute atomic E-state index is 12.4. The molecule has 2 aliphatic rings. The zero-order valence-electron chi connectivity index (χ0n) is 16.1. The van der Waals surface area contributed by atoms with Gasteiger partial charge < -0.3 is 19.5 Å². The molecule has 1 saturated heterocycles. The lowest BCUT2D eigenvalue weighted by atomic mass is 10.1. The van der Waals surface area contributed by atoms with Crippen LogP contribution < -0.4 is 20.3 Å². The molecular weight excluding hydrogens is 386 g/mol. The molecule has 1 fully saturated rings. The second kappa shape index (κ2) is 9.97. The summed E-state index contributed by atoms with van der Waals surface area (Å²) in [6.07, 6.45) is 1.87. The van der Waals surface area contributed by atoms with Crippen molar-refractivity contribution in [2.75, 3.05) is 53.6 Å². The molecule has 1 aromatic rings. The van der Waals surface area contributed by atoms with Gasteiger partial charge in [0.05, 0.1) is 38.2 Å². The van der Waals surface area contributed by atoms with Crippen LogP contribution in [-0.2, 0) is 14.4 Å². The number of rotatable bonds is 8. The number of carbonyl (C=O) groups is 1. The van der Waals surface area contributed by atoms with Crippen LogP contribution in [-0.4, -0.2) is 70.5 Å². The fraction of sp³-hybridized carbons (Fsp3) is 0.526. The average Bonchev–Trinajstić information content (AvgIpc) is 3.22. The standard InChI is InChI=1S/C19H26ClN3O5/c1-25-16-12-17(26-2)14(20)10-13(16)15-11-18(28-22-15)19(24)21-4-3-5-23-6-8-27-9-7-23/h10-12,18,22H,3-9H2,1-2H3,(H,21,24)/t18-/m0/s1. The molecule has 0 spiro atoms. The van der Waals surface area contributed by atoms with Gasteiger partial charge in [-0.05, 0) is 25.1 Å². The molecule has 1 amide bonds. The third-order valence-corrected chi connectivity index (χ3v) is 4.99. The highest BCUT2D eigenvalue weighted by Crippen LogP contribution is 2.36. The van der Waals surface area contributed by atoms with Gasteiger partial charge in [0.1, 0.15) is 11.5 Å². The van der Waals surface area contributed by atoms with E-state index in [0.717, 1.165) is 39.3 Å². The summed E-state index contributed by atoms with van der Waals surface area (Å²) in [6.45, 7) is 4.98. The number of hydrogen-bond acceptors (Lipinski definition) is 7. The largest absolute Gasteiger partial charge is 0.496 e. The number of ether oxygens (including phenoxy) is 3. The van der Waals surface area contributed by atoms with E-state index in [0.29, 0.717) is 34.3 Å². The smallest absolute Gasteiger partial charge is 0.255 e. The van der Waals surface area contributed by atoms with Gasteiger partial charge in [-0.1, -0.05) is 11.6 Å². The number of benzene rings is 1. The minimum Gasteiger partial charge on any atom is -0.496 e. The predicted octanol–water partition coefficient (Wildman–Crippen LogP) is 1.44. The summed E-state index contributed by atoms with van der Waals surface area (Å²) in [6, 6.07) is 3.41. The lowest BCUT2D eigenvalue weighted by molar-refractivity contribution is -0.131. The third-order valence-electron chi connectivity index (χ3n) is 4.69. The van der Waals surface area contributed by atoms with Crippen LogP contribution in [0, 0.1) is 0 Å². The highest BCUT2D eigenvalue weighted by molar-refractivity contribution is 6.32. The van der Waals surface area contributed by atoms with Crippen LogP contribution in [0.1, 0.15) is 12.0 Å². The lowest BCUT2D eigenvalue weighted by Crippen LogP contribution is -2.39. The summed E-state index contributed by atoms with van der Waals surface area (Å²) >= 11 is 6.22. The minimum atomic E-state index is -0.719.